The Balaban J connectivity index is 1.94. The molecule has 0 aliphatic heterocycles. The van der Waals surface area contributed by atoms with E-state index in [0.29, 0.717) is 10.7 Å². The first-order valence-electron chi connectivity index (χ1n) is 6.66. The minimum absolute atomic E-state index is 0.0735. The molecule has 0 unspecified atom stereocenters. The summed E-state index contributed by atoms with van der Waals surface area (Å²) in [5, 5.41) is 5.40. The van der Waals surface area contributed by atoms with Crippen molar-refractivity contribution in [3.8, 4) is 0 Å². The molecule has 2 aromatic rings. The maximum atomic E-state index is 13.1. The van der Waals surface area contributed by atoms with Gasteiger partial charge >= 0.3 is 0 Å². The molecule has 0 aromatic heterocycles. The van der Waals surface area contributed by atoms with Gasteiger partial charge in [0.2, 0.25) is 5.91 Å². The van der Waals surface area contributed by atoms with Gasteiger partial charge < -0.3 is 10.6 Å². The first kappa shape index (κ1) is 16.9. The van der Waals surface area contributed by atoms with E-state index in [1.54, 1.807) is 25.1 Å². The van der Waals surface area contributed by atoms with E-state index in [4.69, 9.17) is 11.6 Å². The molecule has 0 radical (unpaired) electrons. The van der Waals surface area contributed by atoms with Crippen molar-refractivity contribution in [1.29, 1.82) is 0 Å². The smallest absolute Gasteiger partial charge is 0.251 e. The van der Waals surface area contributed by atoms with Crippen molar-refractivity contribution in [2.45, 2.75) is 6.92 Å². The Bertz CT molecular complexity index is 766. The summed E-state index contributed by atoms with van der Waals surface area (Å²) in [7, 11) is 0. The highest BCUT2D eigenvalue weighted by molar-refractivity contribution is 6.31. The molecule has 120 valence electrons. The molecule has 2 amide bonds. The van der Waals surface area contributed by atoms with Crippen LogP contribution in [0.3, 0.4) is 0 Å². The Kier molecular flexibility index (Phi) is 5.28. The van der Waals surface area contributed by atoms with Crippen LogP contribution in [0.15, 0.2) is 36.4 Å². The lowest BCUT2D eigenvalue weighted by Crippen LogP contribution is -2.33. The normalized spacial score (nSPS) is 10.3. The van der Waals surface area contributed by atoms with Gasteiger partial charge in [-0.15, -0.1) is 0 Å². The van der Waals surface area contributed by atoms with E-state index in [2.05, 4.69) is 10.6 Å². The van der Waals surface area contributed by atoms with E-state index in [0.717, 1.165) is 23.8 Å². The van der Waals surface area contributed by atoms with Gasteiger partial charge in [-0.25, -0.2) is 8.78 Å². The largest absolute Gasteiger partial charge is 0.343 e. The lowest BCUT2D eigenvalue weighted by molar-refractivity contribution is -0.115. The van der Waals surface area contributed by atoms with E-state index < -0.39 is 23.4 Å². The molecule has 0 atom stereocenters. The second-order valence-corrected chi connectivity index (χ2v) is 5.26. The summed E-state index contributed by atoms with van der Waals surface area (Å²) in [6, 6.07) is 7.78. The second kappa shape index (κ2) is 7.19. The van der Waals surface area contributed by atoms with E-state index >= 15 is 0 Å². The van der Waals surface area contributed by atoms with Gasteiger partial charge in [-0.2, -0.15) is 0 Å². The molecular weight excluding hydrogens is 326 g/mol. The highest BCUT2D eigenvalue weighted by Gasteiger charge is 2.11. The Hall–Kier alpha value is -2.47. The average molecular weight is 339 g/mol. The van der Waals surface area contributed by atoms with Crippen molar-refractivity contribution in [2.24, 2.45) is 0 Å². The molecule has 2 rings (SSSR count). The van der Waals surface area contributed by atoms with Crippen LogP contribution >= 0.6 is 11.6 Å². The third-order valence-corrected chi connectivity index (χ3v) is 3.30. The van der Waals surface area contributed by atoms with Crippen molar-refractivity contribution in [3.05, 3.63) is 64.2 Å². The summed E-state index contributed by atoms with van der Waals surface area (Å²) in [6.45, 7) is 1.48. The molecule has 4 nitrogen and oxygen atoms in total. The fourth-order valence-corrected chi connectivity index (χ4v) is 2.00. The van der Waals surface area contributed by atoms with E-state index in [9.17, 15) is 18.4 Å². The molecule has 0 spiro atoms. The summed E-state index contributed by atoms with van der Waals surface area (Å²) < 4.78 is 25.9. The predicted molar refractivity (Wildman–Crippen MR) is 83.5 cm³/mol. The van der Waals surface area contributed by atoms with Crippen LogP contribution in [0.25, 0.3) is 0 Å². The van der Waals surface area contributed by atoms with Crippen molar-refractivity contribution in [2.75, 3.05) is 11.9 Å². The van der Waals surface area contributed by atoms with Crippen LogP contribution in [0.1, 0.15) is 15.9 Å². The molecule has 0 saturated heterocycles. The fraction of sp³-hybridized carbons (Fsp3) is 0.125. The molecule has 0 aliphatic carbocycles. The number of rotatable bonds is 4. The van der Waals surface area contributed by atoms with Crippen molar-refractivity contribution in [3.63, 3.8) is 0 Å². The highest BCUT2D eigenvalue weighted by atomic mass is 35.5. The summed E-state index contributed by atoms with van der Waals surface area (Å²) in [5.41, 5.74) is 1.27. The Morgan fingerprint density at radius 3 is 2.52 bits per heavy atom. The van der Waals surface area contributed by atoms with E-state index in [1.165, 1.54) is 0 Å². The van der Waals surface area contributed by atoms with Crippen LogP contribution in [0.2, 0.25) is 5.02 Å². The van der Waals surface area contributed by atoms with Gasteiger partial charge in [-0.05, 0) is 42.8 Å². The zero-order chi connectivity index (χ0) is 17.0. The minimum atomic E-state index is -1.13. The highest BCUT2D eigenvalue weighted by Crippen LogP contribution is 2.19. The van der Waals surface area contributed by atoms with Gasteiger partial charge in [0.05, 0.1) is 6.54 Å². The molecule has 7 heteroatoms. The van der Waals surface area contributed by atoms with Crippen LogP contribution in [0.5, 0.6) is 0 Å². The summed E-state index contributed by atoms with van der Waals surface area (Å²) in [4.78, 5) is 23.6. The maximum absolute atomic E-state index is 13.1. The molecular formula is C16H13ClF2N2O2. The Morgan fingerprint density at radius 1 is 1.09 bits per heavy atom. The molecule has 0 saturated carbocycles. The topological polar surface area (TPSA) is 58.2 Å². The second-order valence-electron chi connectivity index (χ2n) is 4.82. The molecule has 0 bridgehead atoms. The summed E-state index contributed by atoms with van der Waals surface area (Å²) >= 11 is 5.85. The third-order valence-electron chi connectivity index (χ3n) is 3.06. The standard InChI is InChI=1S/C16H13ClF2N2O2/c1-9-2-4-11(17)7-14(9)21-15(22)8-20-16(23)10-3-5-12(18)13(19)6-10/h2-7H,8H2,1H3,(H,20,23)(H,21,22). The van der Waals surface area contributed by atoms with Gasteiger partial charge in [0.1, 0.15) is 0 Å². The van der Waals surface area contributed by atoms with Crippen molar-refractivity contribution >= 4 is 29.1 Å². The number of hydrogen-bond donors (Lipinski definition) is 2. The molecule has 23 heavy (non-hydrogen) atoms. The van der Waals surface area contributed by atoms with Crippen molar-refractivity contribution < 1.29 is 18.4 Å². The Labute approximate surface area is 136 Å². The van der Waals surface area contributed by atoms with Crippen LogP contribution in [-0.4, -0.2) is 18.4 Å². The van der Waals surface area contributed by atoms with Gasteiger partial charge in [0, 0.05) is 16.3 Å². The molecule has 0 heterocycles. The number of aryl methyl sites for hydroxylation is 1. The number of benzene rings is 2. The first-order chi connectivity index (χ1) is 10.9. The lowest BCUT2D eigenvalue weighted by Gasteiger charge is -2.10. The number of halogens is 3. The lowest BCUT2D eigenvalue weighted by atomic mass is 10.2. The van der Waals surface area contributed by atoms with Gasteiger partial charge in [0.25, 0.3) is 5.91 Å². The first-order valence-corrected chi connectivity index (χ1v) is 7.04. The fourth-order valence-electron chi connectivity index (χ4n) is 1.82. The minimum Gasteiger partial charge on any atom is -0.343 e. The monoisotopic (exact) mass is 338 g/mol. The van der Waals surface area contributed by atoms with Crippen molar-refractivity contribution in [1.82, 2.24) is 5.32 Å². The Morgan fingerprint density at radius 2 is 1.83 bits per heavy atom. The quantitative estimate of drug-likeness (QED) is 0.898. The number of anilines is 1. The zero-order valence-electron chi connectivity index (χ0n) is 12.1. The maximum Gasteiger partial charge on any atom is 0.251 e. The predicted octanol–water partition coefficient (Wildman–Crippen LogP) is 3.30. The van der Waals surface area contributed by atoms with E-state index in [-0.39, 0.29) is 12.1 Å². The van der Waals surface area contributed by atoms with Gasteiger partial charge in [-0.3, -0.25) is 9.59 Å². The zero-order valence-corrected chi connectivity index (χ0v) is 12.9. The van der Waals surface area contributed by atoms with Crippen LogP contribution in [-0.2, 0) is 4.79 Å². The van der Waals surface area contributed by atoms with Gasteiger partial charge in [-0.1, -0.05) is 17.7 Å². The SMILES string of the molecule is Cc1ccc(Cl)cc1NC(=O)CNC(=O)c1ccc(F)c(F)c1. The number of amides is 2. The molecule has 2 N–H and O–H groups in total. The molecule has 2 aromatic carbocycles. The number of carbonyl (C=O) groups excluding carboxylic acids is 2. The number of hydrogen-bond acceptors (Lipinski definition) is 2. The number of carbonyl (C=O) groups is 2. The summed E-state index contributed by atoms with van der Waals surface area (Å²) in [5.74, 6) is -3.32. The number of nitrogens with one attached hydrogen (secondary N) is 2. The molecule has 0 fully saturated rings. The van der Waals surface area contributed by atoms with Crippen LogP contribution in [0, 0.1) is 18.6 Å². The average Bonchev–Trinajstić information content (AvgIpc) is 2.51. The van der Waals surface area contributed by atoms with Crippen LogP contribution < -0.4 is 10.6 Å². The van der Waals surface area contributed by atoms with Crippen LogP contribution in [0.4, 0.5) is 14.5 Å². The van der Waals surface area contributed by atoms with E-state index in [1.807, 2.05) is 0 Å². The summed E-state index contributed by atoms with van der Waals surface area (Å²) in [6.07, 6.45) is 0. The van der Waals surface area contributed by atoms with Gasteiger partial charge in [0.15, 0.2) is 11.6 Å². The molecule has 0 aliphatic rings. The third kappa shape index (κ3) is 4.50.